The molecule has 22 heavy (non-hydrogen) atoms. The number of rotatable bonds is 7. The van der Waals surface area contributed by atoms with Crippen LogP contribution in [0.2, 0.25) is 0 Å². The Bertz CT molecular complexity index is 458. The maximum atomic E-state index is 12.4. The summed E-state index contributed by atoms with van der Waals surface area (Å²) in [5, 5.41) is 15.1. The van der Waals surface area contributed by atoms with Gasteiger partial charge in [0.2, 0.25) is 5.91 Å². The molecule has 0 saturated heterocycles. The lowest BCUT2D eigenvalue weighted by Gasteiger charge is -2.32. The molecule has 4 nitrogen and oxygen atoms in total. The molecule has 5 heteroatoms. The minimum Gasteiger partial charge on any atom is -0.389 e. The third-order valence-electron chi connectivity index (χ3n) is 3.42. The monoisotopic (exact) mass is 326 g/mol. The first-order chi connectivity index (χ1) is 10.0. The Labute approximate surface area is 138 Å². The van der Waals surface area contributed by atoms with E-state index in [2.05, 4.69) is 32.2 Å². The quantitative estimate of drug-likeness (QED) is 0.810. The molecular weight excluding hydrogens is 296 g/mol. The normalized spacial score (nSPS) is 14.2. The zero-order valence-electron chi connectivity index (χ0n) is 14.6. The van der Waals surface area contributed by atoms with Crippen molar-refractivity contribution >= 4 is 17.2 Å². The SMILES string of the molecule is CCN(CC(=O)NC(c1cccs1)C(C)(C)C)CC(C)(C)O. The number of aliphatic hydroxyl groups is 1. The van der Waals surface area contributed by atoms with E-state index in [9.17, 15) is 9.90 Å². The zero-order chi connectivity index (χ0) is 17.0. The molecule has 1 heterocycles. The highest BCUT2D eigenvalue weighted by molar-refractivity contribution is 7.10. The van der Waals surface area contributed by atoms with Crippen molar-refractivity contribution in [2.45, 2.75) is 53.2 Å². The van der Waals surface area contributed by atoms with Crippen molar-refractivity contribution in [2.75, 3.05) is 19.6 Å². The number of hydrogen-bond acceptors (Lipinski definition) is 4. The molecule has 0 fully saturated rings. The van der Waals surface area contributed by atoms with E-state index < -0.39 is 5.60 Å². The number of amides is 1. The Morgan fingerprint density at radius 2 is 2.00 bits per heavy atom. The maximum absolute atomic E-state index is 12.4. The van der Waals surface area contributed by atoms with E-state index in [0.29, 0.717) is 13.1 Å². The highest BCUT2D eigenvalue weighted by atomic mass is 32.1. The first kappa shape index (κ1) is 19.1. The van der Waals surface area contributed by atoms with Gasteiger partial charge in [0, 0.05) is 11.4 Å². The summed E-state index contributed by atoms with van der Waals surface area (Å²) in [7, 11) is 0. The van der Waals surface area contributed by atoms with Crippen molar-refractivity contribution in [2.24, 2.45) is 5.41 Å². The van der Waals surface area contributed by atoms with E-state index in [4.69, 9.17) is 0 Å². The van der Waals surface area contributed by atoms with Gasteiger partial charge in [-0.25, -0.2) is 0 Å². The number of carbonyl (C=O) groups excluding carboxylic acids is 1. The summed E-state index contributed by atoms with van der Waals surface area (Å²) in [6, 6.07) is 4.08. The number of hydrogen-bond donors (Lipinski definition) is 2. The Kier molecular flexibility index (Phi) is 6.59. The van der Waals surface area contributed by atoms with Crippen LogP contribution in [0.4, 0.5) is 0 Å². The molecule has 1 unspecified atom stereocenters. The minimum atomic E-state index is -0.798. The van der Waals surface area contributed by atoms with Gasteiger partial charge in [0.1, 0.15) is 0 Å². The van der Waals surface area contributed by atoms with Crippen molar-refractivity contribution in [1.29, 1.82) is 0 Å². The second-order valence-corrected chi connectivity index (χ2v) is 8.48. The highest BCUT2D eigenvalue weighted by Gasteiger charge is 2.29. The van der Waals surface area contributed by atoms with E-state index in [1.54, 1.807) is 25.2 Å². The van der Waals surface area contributed by atoms with Gasteiger partial charge in [-0.05, 0) is 37.3 Å². The molecular formula is C17H30N2O2S. The molecule has 0 saturated carbocycles. The van der Waals surface area contributed by atoms with Crippen LogP contribution in [0, 0.1) is 5.41 Å². The van der Waals surface area contributed by atoms with Crippen LogP contribution < -0.4 is 5.32 Å². The fraction of sp³-hybridized carbons (Fsp3) is 0.706. The summed E-state index contributed by atoms with van der Waals surface area (Å²) >= 11 is 1.67. The number of nitrogens with zero attached hydrogens (tertiary/aromatic N) is 1. The fourth-order valence-corrected chi connectivity index (χ4v) is 3.43. The molecule has 0 spiro atoms. The van der Waals surface area contributed by atoms with Gasteiger partial charge < -0.3 is 10.4 Å². The topological polar surface area (TPSA) is 52.6 Å². The first-order valence-corrected chi connectivity index (χ1v) is 8.68. The van der Waals surface area contributed by atoms with Crippen molar-refractivity contribution < 1.29 is 9.90 Å². The standard InChI is InChI=1S/C17H30N2O2S/c1-7-19(12-17(5,6)21)11-14(20)18-15(16(2,3)4)13-9-8-10-22-13/h8-10,15,21H,7,11-12H2,1-6H3,(H,18,20). The lowest BCUT2D eigenvalue weighted by atomic mass is 9.85. The van der Waals surface area contributed by atoms with Gasteiger partial charge in [-0.3, -0.25) is 9.69 Å². The number of thiophene rings is 1. The summed E-state index contributed by atoms with van der Waals surface area (Å²) < 4.78 is 0. The third kappa shape index (κ3) is 6.46. The van der Waals surface area contributed by atoms with Crippen LogP contribution in [0.15, 0.2) is 17.5 Å². The Morgan fingerprint density at radius 3 is 2.41 bits per heavy atom. The summed E-state index contributed by atoms with van der Waals surface area (Å²) in [5.74, 6) is -0.000532. The zero-order valence-corrected chi connectivity index (χ0v) is 15.5. The summed E-state index contributed by atoms with van der Waals surface area (Å²) in [6.07, 6.45) is 0. The average molecular weight is 327 g/mol. The Hall–Kier alpha value is -0.910. The molecule has 1 aromatic heterocycles. The van der Waals surface area contributed by atoms with Crippen LogP contribution in [-0.4, -0.2) is 41.1 Å². The largest absolute Gasteiger partial charge is 0.389 e. The van der Waals surface area contributed by atoms with Crippen molar-refractivity contribution in [3.63, 3.8) is 0 Å². The van der Waals surface area contributed by atoms with Crippen LogP contribution in [-0.2, 0) is 4.79 Å². The molecule has 1 amide bonds. The lowest BCUT2D eigenvalue weighted by molar-refractivity contribution is -0.124. The Morgan fingerprint density at radius 1 is 1.36 bits per heavy atom. The predicted molar refractivity (Wildman–Crippen MR) is 93.1 cm³/mol. The van der Waals surface area contributed by atoms with E-state index in [1.165, 1.54) is 4.88 Å². The molecule has 0 aliphatic rings. The summed E-state index contributed by atoms with van der Waals surface area (Å²) in [6.45, 7) is 13.4. The van der Waals surface area contributed by atoms with Gasteiger partial charge in [-0.2, -0.15) is 0 Å². The summed E-state index contributed by atoms with van der Waals surface area (Å²) in [4.78, 5) is 15.6. The highest BCUT2D eigenvalue weighted by Crippen LogP contribution is 2.35. The van der Waals surface area contributed by atoms with Crippen molar-refractivity contribution in [1.82, 2.24) is 10.2 Å². The van der Waals surface area contributed by atoms with E-state index >= 15 is 0 Å². The molecule has 1 rings (SSSR count). The molecule has 126 valence electrons. The average Bonchev–Trinajstić information content (AvgIpc) is 2.85. The maximum Gasteiger partial charge on any atom is 0.234 e. The van der Waals surface area contributed by atoms with E-state index in [0.717, 1.165) is 6.54 Å². The predicted octanol–water partition coefficient (Wildman–Crippen LogP) is 3.04. The molecule has 0 aromatic carbocycles. The van der Waals surface area contributed by atoms with Gasteiger partial charge in [-0.15, -0.1) is 11.3 Å². The van der Waals surface area contributed by atoms with Crippen LogP contribution >= 0.6 is 11.3 Å². The fourth-order valence-electron chi connectivity index (χ4n) is 2.41. The smallest absolute Gasteiger partial charge is 0.234 e. The third-order valence-corrected chi connectivity index (χ3v) is 4.36. The number of nitrogens with one attached hydrogen (secondary N) is 1. The molecule has 1 atom stereocenters. The van der Waals surface area contributed by atoms with Crippen LogP contribution in [0.3, 0.4) is 0 Å². The van der Waals surface area contributed by atoms with Crippen LogP contribution in [0.1, 0.15) is 52.5 Å². The second-order valence-electron chi connectivity index (χ2n) is 7.50. The molecule has 0 aliphatic carbocycles. The molecule has 2 N–H and O–H groups in total. The van der Waals surface area contributed by atoms with Crippen molar-refractivity contribution in [3.8, 4) is 0 Å². The van der Waals surface area contributed by atoms with Gasteiger partial charge in [0.05, 0.1) is 18.2 Å². The molecule has 1 aromatic rings. The number of likely N-dealkylation sites (N-methyl/N-ethyl adjacent to an activating group) is 1. The minimum absolute atomic E-state index is 0.000532. The lowest BCUT2D eigenvalue weighted by Crippen LogP contribution is -2.46. The van der Waals surface area contributed by atoms with Crippen LogP contribution in [0.25, 0.3) is 0 Å². The van der Waals surface area contributed by atoms with Gasteiger partial charge in [0.25, 0.3) is 0 Å². The van der Waals surface area contributed by atoms with Gasteiger partial charge >= 0.3 is 0 Å². The molecule has 0 radical (unpaired) electrons. The molecule has 0 bridgehead atoms. The first-order valence-electron chi connectivity index (χ1n) is 7.80. The van der Waals surface area contributed by atoms with Gasteiger partial charge in [0.15, 0.2) is 0 Å². The summed E-state index contributed by atoms with van der Waals surface area (Å²) in [5.41, 5.74) is -0.846. The van der Waals surface area contributed by atoms with Crippen LogP contribution in [0.5, 0.6) is 0 Å². The van der Waals surface area contributed by atoms with Crippen molar-refractivity contribution in [3.05, 3.63) is 22.4 Å². The second kappa shape index (κ2) is 7.57. The van der Waals surface area contributed by atoms with E-state index in [1.807, 2.05) is 23.3 Å². The van der Waals surface area contributed by atoms with Gasteiger partial charge in [-0.1, -0.05) is 33.8 Å². The number of carbonyl (C=O) groups is 1. The van der Waals surface area contributed by atoms with E-state index in [-0.39, 0.29) is 17.4 Å². The Balaban J connectivity index is 2.72. The molecule has 0 aliphatic heterocycles.